The third kappa shape index (κ3) is 2.29. The van der Waals surface area contributed by atoms with Crippen LogP contribution in [-0.2, 0) is 23.2 Å². The van der Waals surface area contributed by atoms with Gasteiger partial charge in [0.05, 0.1) is 11.1 Å². The Morgan fingerprint density at radius 2 is 1.45 bits per heavy atom. The molecule has 144 valence electrons. The van der Waals surface area contributed by atoms with Crippen LogP contribution in [0.15, 0.2) is 49.1 Å². The van der Waals surface area contributed by atoms with E-state index in [1.807, 2.05) is 30.7 Å². The maximum absolute atomic E-state index is 12.9. The molecule has 8 heteroatoms. The van der Waals surface area contributed by atoms with Crippen molar-refractivity contribution < 1.29 is 14.8 Å². The number of aromatic nitrogens is 4. The molecular weight excluding hydrogens is 370 g/mol. The Morgan fingerprint density at radius 3 is 2.07 bits per heavy atom. The van der Waals surface area contributed by atoms with E-state index >= 15 is 0 Å². The summed E-state index contributed by atoms with van der Waals surface area (Å²) in [7, 11) is 1.82. The molecule has 2 amide bonds. The van der Waals surface area contributed by atoms with E-state index in [2.05, 4.69) is 9.97 Å². The van der Waals surface area contributed by atoms with Crippen LogP contribution >= 0.6 is 0 Å². The Kier molecular flexibility index (Phi) is 3.65. The largest absolute Gasteiger partial charge is 0.335 e. The van der Waals surface area contributed by atoms with E-state index in [1.165, 1.54) is 0 Å². The Hall–Kier alpha value is -3.78. The van der Waals surface area contributed by atoms with Crippen LogP contribution in [-0.4, -0.2) is 41.2 Å². The van der Waals surface area contributed by atoms with E-state index in [-0.39, 0.29) is 16.2 Å². The van der Waals surface area contributed by atoms with Crippen LogP contribution in [0.2, 0.25) is 0 Å². The predicted molar refractivity (Wildman–Crippen MR) is 107 cm³/mol. The van der Waals surface area contributed by atoms with E-state index in [1.54, 1.807) is 41.5 Å². The highest BCUT2D eigenvalue weighted by Gasteiger charge is 2.41. The quantitative estimate of drug-likeness (QED) is 0.431. The average molecular weight is 387 g/mol. The van der Waals surface area contributed by atoms with Crippen LogP contribution in [0, 0.1) is 0 Å². The Balaban J connectivity index is 1.89. The van der Waals surface area contributed by atoms with Crippen LogP contribution < -0.4 is 0 Å². The number of carbonyl (C=O) groups excluding carboxylic acids is 2. The number of rotatable bonds is 3. The average Bonchev–Trinajstić information content (AvgIpc) is 3.35. The summed E-state index contributed by atoms with van der Waals surface area (Å²) >= 11 is 0. The van der Waals surface area contributed by atoms with Crippen molar-refractivity contribution >= 4 is 45.0 Å². The molecule has 0 saturated carbocycles. The molecule has 1 aliphatic rings. The van der Waals surface area contributed by atoms with Gasteiger partial charge in [-0.05, 0) is 31.2 Å². The monoisotopic (exact) mass is 387 g/mol. The van der Waals surface area contributed by atoms with Gasteiger partial charge in [0, 0.05) is 60.3 Å². The van der Waals surface area contributed by atoms with Crippen molar-refractivity contribution in [1.82, 2.24) is 24.2 Å². The third-order valence-electron chi connectivity index (χ3n) is 5.31. The second-order valence-corrected chi connectivity index (χ2v) is 6.90. The Morgan fingerprint density at radius 1 is 0.897 bits per heavy atom. The fourth-order valence-electron chi connectivity index (χ4n) is 3.99. The number of imide groups is 1. The molecule has 29 heavy (non-hydrogen) atoms. The third-order valence-corrected chi connectivity index (χ3v) is 5.31. The SMILES string of the molecule is CCn1cc(C2=C(c3cn(C)c4ncccc34)C(=O)N(O)C2=O)c2cccnc21. The molecule has 0 aliphatic carbocycles. The molecule has 0 atom stereocenters. The molecule has 0 radical (unpaired) electrons. The molecule has 0 aromatic carbocycles. The van der Waals surface area contributed by atoms with Gasteiger partial charge >= 0.3 is 0 Å². The highest BCUT2D eigenvalue weighted by atomic mass is 16.5. The van der Waals surface area contributed by atoms with Crippen LogP contribution in [0.5, 0.6) is 0 Å². The molecule has 4 aromatic rings. The minimum atomic E-state index is -0.748. The standard InChI is InChI=1S/C21H17N5O3/c1-3-25-11-15(13-7-5-9-23-19(13)25)17-16(20(27)26(29)21(17)28)14-10-24(2)18-12(14)6-4-8-22-18/h4-11,29H,3H2,1-2H3. The molecule has 1 N–H and O–H groups in total. The van der Waals surface area contributed by atoms with Gasteiger partial charge in [0.1, 0.15) is 11.3 Å². The van der Waals surface area contributed by atoms with Gasteiger partial charge in [0.15, 0.2) is 0 Å². The minimum Gasteiger partial charge on any atom is -0.335 e. The number of hydrogen-bond acceptors (Lipinski definition) is 5. The van der Waals surface area contributed by atoms with Crippen LogP contribution in [0.4, 0.5) is 0 Å². The van der Waals surface area contributed by atoms with E-state index in [9.17, 15) is 14.8 Å². The summed E-state index contributed by atoms with van der Waals surface area (Å²) < 4.78 is 3.71. The van der Waals surface area contributed by atoms with Crippen LogP contribution in [0.1, 0.15) is 18.1 Å². The predicted octanol–water partition coefficient (Wildman–Crippen LogP) is 2.61. The van der Waals surface area contributed by atoms with Crippen molar-refractivity contribution in [2.24, 2.45) is 7.05 Å². The molecule has 4 aromatic heterocycles. The zero-order valence-electron chi connectivity index (χ0n) is 15.8. The molecule has 0 fully saturated rings. The zero-order chi connectivity index (χ0) is 20.3. The lowest BCUT2D eigenvalue weighted by molar-refractivity contribution is -0.168. The second-order valence-electron chi connectivity index (χ2n) is 6.90. The molecule has 5 heterocycles. The van der Waals surface area contributed by atoms with E-state index < -0.39 is 11.8 Å². The number of amides is 2. The number of hydroxylamine groups is 2. The normalized spacial score (nSPS) is 14.8. The smallest absolute Gasteiger partial charge is 0.286 e. The molecule has 1 aliphatic heterocycles. The summed E-state index contributed by atoms with van der Waals surface area (Å²) in [6, 6.07) is 7.26. The van der Waals surface area contributed by atoms with Gasteiger partial charge in [-0.2, -0.15) is 0 Å². The first-order valence-electron chi connectivity index (χ1n) is 9.19. The van der Waals surface area contributed by atoms with Crippen molar-refractivity contribution in [3.05, 3.63) is 60.2 Å². The lowest BCUT2D eigenvalue weighted by atomic mass is 9.96. The molecule has 0 saturated heterocycles. The van der Waals surface area contributed by atoms with Gasteiger partial charge in [-0.1, -0.05) is 0 Å². The molecule has 5 rings (SSSR count). The minimum absolute atomic E-state index is 0.162. The van der Waals surface area contributed by atoms with Gasteiger partial charge < -0.3 is 9.13 Å². The molecule has 0 unspecified atom stereocenters. The highest BCUT2D eigenvalue weighted by Crippen LogP contribution is 2.40. The van der Waals surface area contributed by atoms with Gasteiger partial charge in [-0.3, -0.25) is 14.8 Å². The number of hydrogen-bond donors (Lipinski definition) is 1. The first-order valence-corrected chi connectivity index (χ1v) is 9.19. The summed E-state index contributed by atoms with van der Waals surface area (Å²) in [5.74, 6) is -1.49. The molecule has 0 spiro atoms. The first-order chi connectivity index (χ1) is 14.0. The molecular formula is C21H17N5O3. The maximum Gasteiger partial charge on any atom is 0.286 e. The zero-order valence-corrected chi connectivity index (χ0v) is 15.8. The molecule has 8 nitrogen and oxygen atoms in total. The summed E-state index contributed by atoms with van der Waals surface area (Å²) in [6.07, 6.45) is 6.92. The fourth-order valence-corrected chi connectivity index (χ4v) is 3.99. The summed E-state index contributed by atoms with van der Waals surface area (Å²) in [6.45, 7) is 2.63. The van der Waals surface area contributed by atoms with Gasteiger partial charge in [0.2, 0.25) is 0 Å². The lowest BCUT2D eigenvalue weighted by Crippen LogP contribution is -2.27. The summed E-state index contributed by atoms with van der Waals surface area (Å²) in [4.78, 5) is 34.6. The van der Waals surface area contributed by atoms with Crippen molar-refractivity contribution in [3.8, 4) is 0 Å². The Bertz CT molecular complexity index is 1360. The van der Waals surface area contributed by atoms with Gasteiger partial charge in [-0.15, -0.1) is 5.06 Å². The van der Waals surface area contributed by atoms with E-state index in [4.69, 9.17) is 0 Å². The summed E-state index contributed by atoms with van der Waals surface area (Å²) in [5, 5.41) is 11.9. The van der Waals surface area contributed by atoms with Crippen LogP contribution in [0.3, 0.4) is 0 Å². The maximum atomic E-state index is 12.9. The number of aryl methyl sites for hydroxylation is 2. The highest BCUT2D eigenvalue weighted by molar-refractivity contribution is 6.50. The number of carbonyl (C=O) groups is 2. The first kappa shape index (κ1) is 17.3. The fraction of sp³-hybridized carbons (Fsp3) is 0.143. The topological polar surface area (TPSA) is 93.3 Å². The van der Waals surface area contributed by atoms with Crippen LogP contribution in [0.25, 0.3) is 33.2 Å². The Labute approximate surface area is 165 Å². The van der Waals surface area contributed by atoms with Crippen molar-refractivity contribution in [2.75, 3.05) is 0 Å². The lowest BCUT2D eigenvalue weighted by Gasteiger charge is -2.03. The van der Waals surface area contributed by atoms with E-state index in [0.717, 1.165) is 10.8 Å². The molecule has 0 bridgehead atoms. The van der Waals surface area contributed by atoms with Crippen molar-refractivity contribution in [1.29, 1.82) is 0 Å². The van der Waals surface area contributed by atoms with E-state index in [0.29, 0.717) is 29.0 Å². The van der Waals surface area contributed by atoms with Crippen molar-refractivity contribution in [2.45, 2.75) is 13.5 Å². The second kappa shape index (κ2) is 6.11. The number of pyridine rings is 2. The number of fused-ring (bicyclic) bond motifs is 2. The van der Waals surface area contributed by atoms with Crippen molar-refractivity contribution in [3.63, 3.8) is 0 Å². The van der Waals surface area contributed by atoms with Gasteiger partial charge in [-0.25, -0.2) is 9.97 Å². The van der Waals surface area contributed by atoms with Gasteiger partial charge in [0.25, 0.3) is 11.8 Å². The number of nitrogens with zero attached hydrogens (tertiary/aromatic N) is 5. The summed E-state index contributed by atoms with van der Waals surface area (Å²) in [5.41, 5.74) is 2.86.